The van der Waals surface area contributed by atoms with Gasteiger partial charge in [-0.25, -0.2) is 0 Å². The van der Waals surface area contributed by atoms with Gasteiger partial charge in [0.25, 0.3) is 0 Å². The lowest BCUT2D eigenvalue weighted by Crippen LogP contribution is -2.38. The molecule has 30 heavy (non-hydrogen) atoms. The zero-order chi connectivity index (χ0) is 21.4. The van der Waals surface area contributed by atoms with Crippen LogP contribution in [0, 0.1) is 11.3 Å². The zero-order valence-corrected chi connectivity index (χ0v) is 17.1. The van der Waals surface area contributed by atoms with Gasteiger partial charge in [0.15, 0.2) is 17.3 Å². The van der Waals surface area contributed by atoms with Gasteiger partial charge in [0, 0.05) is 28.4 Å². The monoisotopic (exact) mass is 421 g/mol. The van der Waals surface area contributed by atoms with E-state index in [2.05, 4.69) is 6.07 Å². The minimum absolute atomic E-state index is 0.0134. The molecule has 1 aliphatic heterocycles. The summed E-state index contributed by atoms with van der Waals surface area (Å²) in [4.78, 5) is 14.9. The third-order valence-electron chi connectivity index (χ3n) is 5.52. The van der Waals surface area contributed by atoms with Crippen LogP contribution in [-0.2, 0) is 4.79 Å². The average Bonchev–Trinajstić information content (AvgIpc) is 2.73. The van der Waals surface area contributed by atoms with Crippen LogP contribution in [-0.4, -0.2) is 18.0 Å². The van der Waals surface area contributed by atoms with Gasteiger partial charge in [0.1, 0.15) is 5.82 Å². The number of Topliss-reactive ketones (excluding diaryl/α,β-unsaturated/α-hetero) is 1. The second kappa shape index (κ2) is 7.77. The first-order valence-electron chi connectivity index (χ1n) is 9.54. The number of benzene rings is 2. The van der Waals surface area contributed by atoms with Crippen molar-refractivity contribution in [1.29, 1.82) is 5.26 Å². The van der Waals surface area contributed by atoms with Crippen LogP contribution >= 0.6 is 11.6 Å². The van der Waals surface area contributed by atoms with Crippen LogP contribution in [0.1, 0.15) is 30.7 Å². The number of carbonyl (C=O) groups excluding carboxylic acids is 1. The number of nitrogens with zero attached hydrogens (tertiary/aromatic N) is 2. The minimum Gasteiger partial charge on any atom is -0.504 e. The highest BCUT2D eigenvalue weighted by molar-refractivity contribution is 6.30. The molecule has 0 saturated carbocycles. The van der Waals surface area contributed by atoms with Crippen molar-refractivity contribution in [3.05, 3.63) is 75.7 Å². The van der Waals surface area contributed by atoms with E-state index < -0.39 is 5.92 Å². The number of ketones is 1. The lowest BCUT2D eigenvalue weighted by atomic mass is 9.75. The number of allylic oxidation sites excluding steroid dienone is 3. The molecule has 0 aromatic heterocycles. The Kier molecular flexibility index (Phi) is 5.15. The van der Waals surface area contributed by atoms with E-state index in [9.17, 15) is 15.2 Å². The number of hydrogen-bond acceptors (Lipinski definition) is 6. The molecule has 1 heterocycles. The Labute approximate surface area is 179 Å². The molecule has 0 spiro atoms. The smallest absolute Gasteiger partial charge is 0.161 e. The Morgan fingerprint density at radius 3 is 2.77 bits per heavy atom. The molecule has 3 N–H and O–H groups in total. The van der Waals surface area contributed by atoms with Crippen molar-refractivity contribution in [2.75, 3.05) is 12.0 Å². The van der Waals surface area contributed by atoms with Gasteiger partial charge in [-0.2, -0.15) is 5.26 Å². The largest absolute Gasteiger partial charge is 0.504 e. The van der Waals surface area contributed by atoms with Gasteiger partial charge in [0.05, 0.1) is 24.7 Å². The first-order valence-corrected chi connectivity index (χ1v) is 9.92. The van der Waals surface area contributed by atoms with E-state index in [1.807, 2.05) is 6.07 Å². The SMILES string of the molecule is COc1cc(C2C(C#N)=C(N)N(c3cccc(Cl)c3)C3=C2C(=O)CCC3)ccc1O. The van der Waals surface area contributed by atoms with Gasteiger partial charge in [-0.1, -0.05) is 23.7 Å². The van der Waals surface area contributed by atoms with Crippen LogP contribution < -0.4 is 15.4 Å². The van der Waals surface area contributed by atoms with Crippen LogP contribution in [0.25, 0.3) is 0 Å². The molecule has 4 rings (SSSR count). The highest BCUT2D eigenvalue weighted by Gasteiger charge is 2.40. The molecule has 1 unspecified atom stereocenters. The summed E-state index contributed by atoms with van der Waals surface area (Å²) < 4.78 is 5.23. The first kappa shape index (κ1) is 19.9. The number of phenols is 1. The molecule has 2 aromatic rings. The van der Waals surface area contributed by atoms with Gasteiger partial charge in [-0.3, -0.25) is 9.69 Å². The van der Waals surface area contributed by atoms with E-state index in [4.69, 9.17) is 22.1 Å². The normalized spacial score (nSPS) is 18.9. The third kappa shape index (κ3) is 3.17. The molecule has 0 bridgehead atoms. The quantitative estimate of drug-likeness (QED) is 0.763. The van der Waals surface area contributed by atoms with Gasteiger partial charge in [-0.15, -0.1) is 0 Å². The molecular formula is C23H20ClN3O3. The van der Waals surface area contributed by atoms with Gasteiger partial charge in [-0.05, 0) is 48.7 Å². The number of aromatic hydroxyl groups is 1. The van der Waals surface area contributed by atoms with Crippen molar-refractivity contribution >= 4 is 23.1 Å². The lowest BCUT2D eigenvalue weighted by Gasteiger charge is -2.39. The summed E-state index contributed by atoms with van der Waals surface area (Å²) >= 11 is 6.19. The van der Waals surface area contributed by atoms with Gasteiger partial charge in [0.2, 0.25) is 0 Å². The highest BCUT2D eigenvalue weighted by Crippen LogP contribution is 2.47. The maximum atomic E-state index is 13.1. The van der Waals surface area contributed by atoms with Crippen molar-refractivity contribution in [3.8, 4) is 17.6 Å². The number of anilines is 1. The first-order chi connectivity index (χ1) is 14.5. The summed E-state index contributed by atoms with van der Waals surface area (Å²) in [5.41, 5.74) is 9.49. The Balaban J connectivity index is 1.97. The fourth-order valence-electron chi connectivity index (χ4n) is 4.20. The second-order valence-electron chi connectivity index (χ2n) is 7.23. The molecule has 0 fully saturated rings. The van der Waals surface area contributed by atoms with Crippen molar-refractivity contribution in [2.24, 2.45) is 5.73 Å². The Hall–Kier alpha value is -3.43. The molecular weight excluding hydrogens is 402 g/mol. The topological polar surface area (TPSA) is 99.6 Å². The van der Waals surface area contributed by atoms with Crippen molar-refractivity contribution in [3.63, 3.8) is 0 Å². The van der Waals surface area contributed by atoms with E-state index in [0.717, 1.165) is 5.70 Å². The number of carbonyl (C=O) groups is 1. The average molecular weight is 422 g/mol. The van der Waals surface area contributed by atoms with Gasteiger partial charge >= 0.3 is 0 Å². The maximum absolute atomic E-state index is 13.1. The molecule has 152 valence electrons. The highest BCUT2D eigenvalue weighted by atomic mass is 35.5. The molecule has 7 heteroatoms. The Morgan fingerprint density at radius 2 is 2.07 bits per heavy atom. The predicted octanol–water partition coefficient (Wildman–Crippen LogP) is 4.36. The number of hydrogen-bond donors (Lipinski definition) is 2. The zero-order valence-electron chi connectivity index (χ0n) is 16.4. The number of ether oxygens (including phenoxy) is 1. The van der Waals surface area contributed by atoms with E-state index in [-0.39, 0.29) is 28.7 Å². The lowest BCUT2D eigenvalue weighted by molar-refractivity contribution is -0.116. The summed E-state index contributed by atoms with van der Waals surface area (Å²) in [5, 5.41) is 20.5. The predicted molar refractivity (Wildman–Crippen MR) is 114 cm³/mol. The number of nitriles is 1. The third-order valence-corrected chi connectivity index (χ3v) is 5.75. The van der Waals surface area contributed by atoms with Crippen LogP contribution in [0.4, 0.5) is 5.69 Å². The van der Waals surface area contributed by atoms with Crippen molar-refractivity contribution in [1.82, 2.24) is 0 Å². The molecule has 0 saturated heterocycles. The Bertz CT molecular complexity index is 1150. The fraction of sp³-hybridized carbons (Fsp3) is 0.217. The number of phenolic OH excluding ortho intramolecular Hbond substituents is 1. The van der Waals surface area contributed by atoms with E-state index >= 15 is 0 Å². The molecule has 0 amide bonds. The fourth-order valence-corrected chi connectivity index (χ4v) is 4.39. The molecule has 2 aromatic carbocycles. The minimum atomic E-state index is -0.622. The molecule has 1 aliphatic carbocycles. The number of rotatable bonds is 3. The maximum Gasteiger partial charge on any atom is 0.161 e. The summed E-state index contributed by atoms with van der Waals surface area (Å²) in [6.45, 7) is 0. The summed E-state index contributed by atoms with van der Waals surface area (Å²) in [6.07, 6.45) is 1.76. The van der Waals surface area contributed by atoms with E-state index in [1.165, 1.54) is 13.2 Å². The summed E-state index contributed by atoms with van der Waals surface area (Å²) in [5.74, 6) is -0.114. The summed E-state index contributed by atoms with van der Waals surface area (Å²) in [7, 11) is 1.45. The van der Waals surface area contributed by atoms with E-state index in [0.29, 0.717) is 41.1 Å². The molecule has 2 aliphatic rings. The van der Waals surface area contributed by atoms with Crippen molar-refractivity contribution < 1.29 is 14.6 Å². The number of methoxy groups -OCH3 is 1. The Morgan fingerprint density at radius 1 is 1.27 bits per heavy atom. The van der Waals surface area contributed by atoms with Crippen molar-refractivity contribution in [2.45, 2.75) is 25.2 Å². The van der Waals surface area contributed by atoms with Crippen LogP contribution in [0.2, 0.25) is 5.02 Å². The molecule has 6 nitrogen and oxygen atoms in total. The molecule has 1 atom stereocenters. The standard InChI is InChI=1S/C23H20ClN3O3/c1-30-20-10-13(8-9-18(20)28)21-16(12-25)23(26)27(15-5-2-4-14(24)11-15)17-6-3-7-19(29)22(17)21/h2,4-5,8-11,21,28H,3,6-7,26H2,1H3. The van der Waals surface area contributed by atoms with Crippen LogP contribution in [0.15, 0.2) is 65.1 Å². The second-order valence-corrected chi connectivity index (χ2v) is 7.66. The number of halogens is 1. The summed E-state index contributed by atoms with van der Waals surface area (Å²) in [6, 6.07) is 14.2. The van der Waals surface area contributed by atoms with Crippen LogP contribution in [0.3, 0.4) is 0 Å². The molecule has 0 radical (unpaired) electrons. The number of nitrogens with two attached hydrogens (primary N) is 1. The van der Waals surface area contributed by atoms with E-state index in [1.54, 1.807) is 35.2 Å². The van der Waals surface area contributed by atoms with Crippen LogP contribution in [0.5, 0.6) is 11.5 Å². The van der Waals surface area contributed by atoms with Gasteiger partial charge < -0.3 is 15.6 Å².